The molecule has 0 radical (unpaired) electrons. The van der Waals surface area contributed by atoms with Crippen LogP contribution < -0.4 is 5.32 Å². The molecule has 1 fully saturated rings. The third kappa shape index (κ3) is 9.30. The molecule has 0 aliphatic carbocycles. The summed E-state index contributed by atoms with van der Waals surface area (Å²) in [4.78, 5) is 37.0. The molecule has 0 aromatic heterocycles. The number of nitrogens with one attached hydrogen (secondary N) is 1. The van der Waals surface area contributed by atoms with Crippen molar-refractivity contribution in [3.8, 4) is 0 Å². The van der Waals surface area contributed by atoms with Gasteiger partial charge in [0.15, 0.2) is 0 Å². The molecular formula is C16H31N3O4. The summed E-state index contributed by atoms with van der Waals surface area (Å²) in [5, 5.41) is 2.75. The molecule has 1 amide bonds. The van der Waals surface area contributed by atoms with Crippen molar-refractivity contribution in [3.63, 3.8) is 0 Å². The number of amides is 1. The summed E-state index contributed by atoms with van der Waals surface area (Å²) < 4.78 is 5.32. The maximum absolute atomic E-state index is 11.9. The molecule has 1 saturated heterocycles. The topological polar surface area (TPSA) is 79.0 Å². The molecule has 0 saturated carbocycles. The fraction of sp³-hybridized carbons (Fsp3) is 0.812. The standard InChI is InChI=1S/C14H24N2O4.C2H7N/c1-14(2,3)20-13(19)16-8-6-15(7-9-16)12(11-18)5-4-10-17;1-3-2/h10-12H,4-9H2,1-3H3;3H,1-2H3. The van der Waals surface area contributed by atoms with E-state index in [4.69, 9.17) is 4.74 Å². The van der Waals surface area contributed by atoms with Gasteiger partial charge >= 0.3 is 6.09 Å². The van der Waals surface area contributed by atoms with Crippen molar-refractivity contribution in [1.82, 2.24) is 15.1 Å². The number of nitrogens with zero attached hydrogens (tertiary/aromatic N) is 2. The minimum Gasteiger partial charge on any atom is -0.444 e. The predicted molar refractivity (Wildman–Crippen MR) is 89.5 cm³/mol. The zero-order valence-corrected chi connectivity index (χ0v) is 15.0. The van der Waals surface area contributed by atoms with Crippen molar-refractivity contribution in [2.45, 2.75) is 45.3 Å². The molecular weight excluding hydrogens is 298 g/mol. The van der Waals surface area contributed by atoms with Crippen LogP contribution in [-0.2, 0) is 14.3 Å². The second-order valence-corrected chi connectivity index (χ2v) is 6.45. The first-order valence-electron chi connectivity index (χ1n) is 7.98. The van der Waals surface area contributed by atoms with E-state index in [0.717, 1.165) is 12.6 Å². The Kier molecular flexibility index (Phi) is 10.4. The summed E-state index contributed by atoms with van der Waals surface area (Å²) in [7, 11) is 3.75. The summed E-state index contributed by atoms with van der Waals surface area (Å²) in [6.45, 7) is 7.85. The van der Waals surface area contributed by atoms with Crippen molar-refractivity contribution < 1.29 is 19.1 Å². The van der Waals surface area contributed by atoms with Crippen molar-refractivity contribution in [2.24, 2.45) is 0 Å². The van der Waals surface area contributed by atoms with Crippen molar-refractivity contribution in [3.05, 3.63) is 0 Å². The predicted octanol–water partition coefficient (Wildman–Crippen LogP) is 0.921. The van der Waals surface area contributed by atoms with E-state index >= 15 is 0 Å². The lowest BCUT2D eigenvalue weighted by atomic mass is 10.1. The van der Waals surface area contributed by atoms with Crippen molar-refractivity contribution >= 4 is 18.7 Å². The van der Waals surface area contributed by atoms with Crippen molar-refractivity contribution in [2.75, 3.05) is 40.3 Å². The van der Waals surface area contributed by atoms with E-state index in [-0.39, 0.29) is 12.1 Å². The lowest BCUT2D eigenvalue weighted by Gasteiger charge is -2.37. The van der Waals surface area contributed by atoms with Gasteiger partial charge in [0.05, 0.1) is 6.04 Å². The maximum atomic E-state index is 11.9. The quantitative estimate of drug-likeness (QED) is 0.756. The average Bonchev–Trinajstić information content (AvgIpc) is 2.48. The Bertz CT molecular complexity index is 361. The lowest BCUT2D eigenvalue weighted by Crippen LogP contribution is -2.53. The van der Waals surface area contributed by atoms with Crippen molar-refractivity contribution in [1.29, 1.82) is 0 Å². The van der Waals surface area contributed by atoms with Crippen LogP contribution in [0.3, 0.4) is 0 Å². The number of hydrogen-bond acceptors (Lipinski definition) is 6. The Morgan fingerprint density at radius 1 is 1.17 bits per heavy atom. The van der Waals surface area contributed by atoms with Gasteiger partial charge in [-0.05, 0) is 41.3 Å². The molecule has 0 aromatic rings. The Morgan fingerprint density at radius 2 is 1.70 bits per heavy atom. The van der Waals surface area contributed by atoms with Crippen LogP contribution >= 0.6 is 0 Å². The SMILES string of the molecule is CC(C)(C)OC(=O)N1CCN(C(C=O)CCC=O)CC1.CNC. The highest BCUT2D eigenvalue weighted by molar-refractivity contribution is 5.68. The van der Waals surface area contributed by atoms with Crippen LogP contribution in [0.25, 0.3) is 0 Å². The zero-order chi connectivity index (χ0) is 17.9. The Morgan fingerprint density at radius 3 is 2.09 bits per heavy atom. The first-order chi connectivity index (χ1) is 10.8. The van der Waals surface area contributed by atoms with Gasteiger partial charge in [0, 0.05) is 32.6 Å². The molecule has 1 rings (SSSR count). The first-order valence-corrected chi connectivity index (χ1v) is 7.98. The first kappa shape index (κ1) is 21.5. The number of carbonyl (C=O) groups excluding carboxylic acids is 3. The third-order valence-corrected chi connectivity index (χ3v) is 3.17. The van der Waals surface area contributed by atoms with Gasteiger partial charge in [0.2, 0.25) is 0 Å². The highest BCUT2D eigenvalue weighted by Crippen LogP contribution is 2.13. The molecule has 1 aliphatic heterocycles. The summed E-state index contributed by atoms with van der Waals surface area (Å²) in [6, 6.07) is -0.235. The van der Waals surface area contributed by atoms with Gasteiger partial charge in [-0.25, -0.2) is 4.79 Å². The average molecular weight is 329 g/mol. The highest BCUT2D eigenvalue weighted by Gasteiger charge is 2.28. The smallest absolute Gasteiger partial charge is 0.410 e. The van der Waals surface area contributed by atoms with Gasteiger partial charge in [0.25, 0.3) is 0 Å². The van der Waals surface area contributed by atoms with Gasteiger partial charge in [-0.15, -0.1) is 0 Å². The number of hydrogen-bond donors (Lipinski definition) is 1. The van der Waals surface area contributed by atoms with Crippen LogP contribution in [0.5, 0.6) is 0 Å². The molecule has 7 heteroatoms. The van der Waals surface area contributed by atoms with Crippen LogP contribution in [0, 0.1) is 0 Å². The molecule has 7 nitrogen and oxygen atoms in total. The van der Waals surface area contributed by atoms with Crippen LogP contribution in [0.4, 0.5) is 4.79 Å². The molecule has 23 heavy (non-hydrogen) atoms. The Labute approximate surface area is 139 Å². The van der Waals surface area contributed by atoms with E-state index in [0.29, 0.717) is 39.0 Å². The summed E-state index contributed by atoms with van der Waals surface area (Å²) in [5.74, 6) is 0. The summed E-state index contributed by atoms with van der Waals surface area (Å²) in [5.41, 5.74) is -0.497. The molecule has 0 aromatic carbocycles. The van der Waals surface area contributed by atoms with E-state index in [1.807, 2.05) is 39.8 Å². The third-order valence-electron chi connectivity index (χ3n) is 3.17. The monoisotopic (exact) mass is 329 g/mol. The van der Waals surface area contributed by atoms with E-state index < -0.39 is 5.60 Å². The lowest BCUT2D eigenvalue weighted by molar-refractivity contribution is -0.113. The second-order valence-electron chi connectivity index (χ2n) is 6.45. The van der Waals surface area contributed by atoms with Gasteiger partial charge in [0.1, 0.15) is 18.2 Å². The normalized spacial score (nSPS) is 16.8. The minimum absolute atomic E-state index is 0.235. The molecule has 1 unspecified atom stereocenters. The number of piperazine rings is 1. The number of carbonyl (C=O) groups is 3. The van der Waals surface area contributed by atoms with Crippen LogP contribution in [0.2, 0.25) is 0 Å². The van der Waals surface area contributed by atoms with E-state index in [9.17, 15) is 14.4 Å². The van der Waals surface area contributed by atoms with Gasteiger partial charge in [-0.1, -0.05) is 0 Å². The molecule has 0 spiro atoms. The molecule has 1 N–H and O–H groups in total. The van der Waals surface area contributed by atoms with E-state index in [1.165, 1.54) is 0 Å². The largest absolute Gasteiger partial charge is 0.444 e. The summed E-state index contributed by atoms with van der Waals surface area (Å²) in [6.07, 6.45) is 2.32. The number of rotatable bonds is 5. The highest BCUT2D eigenvalue weighted by atomic mass is 16.6. The minimum atomic E-state index is -0.497. The van der Waals surface area contributed by atoms with Gasteiger partial charge in [-0.2, -0.15) is 0 Å². The zero-order valence-electron chi connectivity index (χ0n) is 15.0. The molecule has 0 bridgehead atoms. The fourth-order valence-corrected chi connectivity index (χ4v) is 2.14. The molecule has 1 heterocycles. The Balaban J connectivity index is 0.00000149. The maximum Gasteiger partial charge on any atom is 0.410 e. The van der Waals surface area contributed by atoms with Gasteiger partial charge in [-0.3, -0.25) is 4.90 Å². The van der Waals surface area contributed by atoms with E-state index in [1.54, 1.807) is 4.90 Å². The molecule has 1 aliphatic rings. The van der Waals surface area contributed by atoms with Gasteiger partial charge < -0.3 is 24.5 Å². The number of aldehydes is 2. The molecule has 1 atom stereocenters. The molecule has 134 valence electrons. The Hall–Kier alpha value is -1.47. The van der Waals surface area contributed by atoms with Crippen LogP contribution in [0.1, 0.15) is 33.6 Å². The van der Waals surface area contributed by atoms with Crippen LogP contribution in [0.15, 0.2) is 0 Å². The van der Waals surface area contributed by atoms with E-state index in [2.05, 4.69) is 5.32 Å². The second kappa shape index (κ2) is 11.1. The fourth-order valence-electron chi connectivity index (χ4n) is 2.14. The number of ether oxygens (including phenoxy) is 1. The summed E-state index contributed by atoms with van der Waals surface area (Å²) >= 11 is 0. The van der Waals surface area contributed by atoms with Crippen LogP contribution in [-0.4, -0.2) is 80.4 Å².